The van der Waals surface area contributed by atoms with Crippen molar-refractivity contribution in [2.24, 2.45) is 0 Å². The molecule has 3 heterocycles. The van der Waals surface area contributed by atoms with Gasteiger partial charge in [-0.25, -0.2) is 0 Å². The van der Waals surface area contributed by atoms with Gasteiger partial charge in [-0.05, 0) is 68.3 Å². The van der Waals surface area contributed by atoms with Gasteiger partial charge in [0.05, 0.1) is 0 Å². The van der Waals surface area contributed by atoms with Crippen LogP contribution in [0.4, 0.5) is 0 Å². The Bertz CT molecular complexity index is 624. The number of nitrogens with one attached hydrogen (secondary N) is 2. The number of fused-ring (bicyclic) bond motifs is 1. The number of piperazine rings is 1. The number of likely N-dealkylation sites (tertiary alicyclic amines) is 1. The average molecular weight is 431 g/mol. The molecule has 0 aromatic heterocycles. The van der Waals surface area contributed by atoms with E-state index in [2.05, 4.69) is 50.4 Å². The molecule has 5 heteroatoms. The molecule has 0 saturated carbocycles. The van der Waals surface area contributed by atoms with Crippen LogP contribution in [0, 0.1) is 0 Å². The van der Waals surface area contributed by atoms with Crippen molar-refractivity contribution in [1.82, 2.24) is 20.4 Å². The molecular weight excluding hydrogens is 388 g/mol. The summed E-state index contributed by atoms with van der Waals surface area (Å²) in [5.74, 6) is 1.28. The fourth-order valence-electron chi connectivity index (χ4n) is 5.32. The van der Waals surface area contributed by atoms with Gasteiger partial charge < -0.3 is 15.5 Å². The summed E-state index contributed by atoms with van der Waals surface area (Å²) in [6.45, 7) is 11.0. The second kappa shape index (κ2) is 12.4. The molecule has 0 amide bonds. The molecule has 0 atom stereocenters. The first-order valence-corrected chi connectivity index (χ1v) is 13.5. The van der Waals surface area contributed by atoms with E-state index in [0.717, 1.165) is 19.1 Å². The molecule has 2 saturated heterocycles. The summed E-state index contributed by atoms with van der Waals surface area (Å²) in [5.41, 5.74) is 3.06. The van der Waals surface area contributed by atoms with Crippen molar-refractivity contribution < 1.29 is 0 Å². The van der Waals surface area contributed by atoms with E-state index < -0.39 is 0 Å². The Morgan fingerprint density at radius 1 is 0.833 bits per heavy atom. The van der Waals surface area contributed by atoms with Crippen molar-refractivity contribution >= 4 is 11.8 Å². The SMILES string of the molecule is c1cc2c(c(SCCCCCCCCN3CCC(N4CCNCC4)CC3)c1)CNC2. The van der Waals surface area contributed by atoms with Crippen LogP contribution in [0.1, 0.15) is 62.5 Å². The van der Waals surface area contributed by atoms with Crippen LogP contribution < -0.4 is 10.6 Å². The smallest absolute Gasteiger partial charge is 0.0223 e. The van der Waals surface area contributed by atoms with E-state index in [1.54, 1.807) is 5.56 Å². The predicted molar refractivity (Wildman–Crippen MR) is 129 cm³/mol. The zero-order valence-electron chi connectivity index (χ0n) is 18.8. The maximum Gasteiger partial charge on any atom is 0.0223 e. The number of nitrogens with zero attached hydrogens (tertiary/aromatic N) is 2. The monoisotopic (exact) mass is 430 g/mol. The second-order valence-electron chi connectivity index (χ2n) is 9.33. The van der Waals surface area contributed by atoms with Gasteiger partial charge in [0.1, 0.15) is 0 Å². The maximum absolute atomic E-state index is 3.48. The summed E-state index contributed by atoms with van der Waals surface area (Å²) in [5, 5.41) is 6.96. The van der Waals surface area contributed by atoms with Gasteiger partial charge in [-0.1, -0.05) is 37.8 Å². The summed E-state index contributed by atoms with van der Waals surface area (Å²) in [7, 11) is 0. The molecule has 2 fully saturated rings. The average Bonchev–Trinajstić information content (AvgIpc) is 3.29. The van der Waals surface area contributed by atoms with Crippen molar-refractivity contribution in [3.8, 4) is 0 Å². The first-order valence-electron chi connectivity index (χ1n) is 12.5. The normalized spacial score (nSPS) is 21.2. The topological polar surface area (TPSA) is 30.5 Å². The van der Waals surface area contributed by atoms with Crippen molar-refractivity contribution in [2.45, 2.75) is 75.4 Å². The fourth-order valence-corrected chi connectivity index (χ4v) is 6.44. The molecule has 1 aromatic carbocycles. The van der Waals surface area contributed by atoms with Gasteiger partial charge in [-0.2, -0.15) is 0 Å². The molecule has 0 aliphatic carbocycles. The first kappa shape index (κ1) is 22.6. The summed E-state index contributed by atoms with van der Waals surface area (Å²) >= 11 is 2.07. The molecule has 3 aliphatic heterocycles. The Balaban J connectivity index is 0.980. The highest BCUT2D eigenvalue weighted by Crippen LogP contribution is 2.29. The van der Waals surface area contributed by atoms with Crippen molar-refractivity contribution in [2.75, 3.05) is 51.6 Å². The molecule has 0 unspecified atom stereocenters. The van der Waals surface area contributed by atoms with Gasteiger partial charge in [0.15, 0.2) is 0 Å². The number of piperidine rings is 1. The zero-order valence-corrected chi connectivity index (χ0v) is 19.7. The summed E-state index contributed by atoms with van der Waals surface area (Å²) in [6, 6.07) is 7.66. The van der Waals surface area contributed by atoms with Crippen molar-refractivity contribution in [3.63, 3.8) is 0 Å². The van der Waals surface area contributed by atoms with Crippen LogP contribution in [0.3, 0.4) is 0 Å². The summed E-state index contributed by atoms with van der Waals surface area (Å²) in [4.78, 5) is 6.97. The molecule has 0 radical (unpaired) electrons. The lowest BCUT2D eigenvalue weighted by molar-refractivity contribution is 0.0970. The number of hydrogen-bond acceptors (Lipinski definition) is 5. The van der Waals surface area contributed by atoms with Crippen molar-refractivity contribution in [1.29, 1.82) is 0 Å². The number of hydrogen-bond donors (Lipinski definition) is 2. The van der Waals surface area contributed by atoms with E-state index in [1.165, 1.54) is 113 Å². The lowest BCUT2D eigenvalue weighted by atomic mass is 10.0. The highest BCUT2D eigenvalue weighted by molar-refractivity contribution is 7.99. The van der Waals surface area contributed by atoms with E-state index in [1.807, 2.05) is 0 Å². The molecule has 168 valence electrons. The van der Waals surface area contributed by atoms with Gasteiger partial charge in [-0.3, -0.25) is 4.90 Å². The number of rotatable bonds is 11. The Labute approximate surface area is 188 Å². The highest BCUT2D eigenvalue weighted by Gasteiger charge is 2.25. The van der Waals surface area contributed by atoms with Crippen molar-refractivity contribution in [3.05, 3.63) is 29.3 Å². The van der Waals surface area contributed by atoms with E-state index in [9.17, 15) is 0 Å². The molecule has 1 aromatic rings. The van der Waals surface area contributed by atoms with Crippen LogP contribution in [0.2, 0.25) is 0 Å². The van der Waals surface area contributed by atoms with Gasteiger partial charge in [-0.15, -0.1) is 11.8 Å². The van der Waals surface area contributed by atoms with Gasteiger partial charge in [0, 0.05) is 50.2 Å². The zero-order chi connectivity index (χ0) is 20.4. The highest BCUT2D eigenvalue weighted by atomic mass is 32.2. The summed E-state index contributed by atoms with van der Waals surface area (Å²) < 4.78 is 0. The van der Waals surface area contributed by atoms with E-state index in [4.69, 9.17) is 0 Å². The van der Waals surface area contributed by atoms with Crippen LogP contribution in [-0.4, -0.2) is 67.4 Å². The van der Waals surface area contributed by atoms with Gasteiger partial charge in [0.25, 0.3) is 0 Å². The largest absolute Gasteiger partial charge is 0.314 e. The van der Waals surface area contributed by atoms with E-state index in [0.29, 0.717) is 0 Å². The maximum atomic E-state index is 3.48. The molecule has 0 bridgehead atoms. The lowest BCUT2D eigenvalue weighted by Crippen LogP contribution is -2.52. The third-order valence-corrected chi connectivity index (χ3v) is 8.38. The van der Waals surface area contributed by atoms with Crippen LogP contribution in [0.15, 0.2) is 23.1 Å². The minimum atomic E-state index is 0.856. The number of thioether (sulfide) groups is 1. The molecule has 0 spiro atoms. The fraction of sp³-hybridized carbons (Fsp3) is 0.760. The first-order chi connectivity index (χ1) is 14.9. The molecule has 30 heavy (non-hydrogen) atoms. The predicted octanol–water partition coefficient (Wildman–Crippen LogP) is 4.09. The van der Waals surface area contributed by atoms with Crippen LogP contribution in [0.5, 0.6) is 0 Å². The standard InChI is InChI=1S/C25H42N4S/c1(2-4-6-19-30-25-9-7-8-22-20-27-21-24(22)25)3-5-14-28-15-10-23(11-16-28)29-17-12-26-13-18-29/h7-9,23,26-27H,1-6,10-21H2. The Morgan fingerprint density at radius 2 is 1.60 bits per heavy atom. The summed E-state index contributed by atoms with van der Waals surface area (Å²) in [6.07, 6.45) is 11.2. The van der Waals surface area contributed by atoms with Crippen LogP contribution in [0.25, 0.3) is 0 Å². The van der Waals surface area contributed by atoms with Gasteiger partial charge in [0.2, 0.25) is 0 Å². The van der Waals surface area contributed by atoms with Gasteiger partial charge >= 0.3 is 0 Å². The number of benzene rings is 1. The Morgan fingerprint density at radius 3 is 2.43 bits per heavy atom. The molecule has 2 N–H and O–H groups in total. The Kier molecular flexibility index (Phi) is 9.38. The molecule has 4 nitrogen and oxygen atoms in total. The molecular formula is C25H42N4S. The van der Waals surface area contributed by atoms with Crippen LogP contribution >= 0.6 is 11.8 Å². The lowest BCUT2D eigenvalue weighted by Gasteiger charge is -2.40. The Hall–Kier alpha value is -0.590. The minimum absolute atomic E-state index is 0.856. The minimum Gasteiger partial charge on any atom is -0.314 e. The van der Waals surface area contributed by atoms with E-state index in [-0.39, 0.29) is 0 Å². The van der Waals surface area contributed by atoms with E-state index >= 15 is 0 Å². The third-order valence-electron chi connectivity index (χ3n) is 7.20. The number of unbranched alkanes of at least 4 members (excludes halogenated alkanes) is 5. The quantitative estimate of drug-likeness (QED) is 0.408. The van der Waals surface area contributed by atoms with Crippen LogP contribution in [-0.2, 0) is 13.1 Å². The second-order valence-corrected chi connectivity index (χ2v) is 10.5. The molecule has 3 aliphatic rings. The molecule has 4 rings (SSSR count). The third kappa shape index (κ3) is 6.70.